The van der Waals surface area contributed by atoms with Crippen molar-refractivity contribution in [1.29, 1.82) is 0 Å². The Morgan fingerprint density at radius 3 is 2.44 bits per heavy atom. The van der Waals surface area contributed by atoms with Gasteiger partial charge < -0.3 is 5.32 Å². The van der Waals surface area contributed by atoms with E-state index in [1.807, 2.05) is 31.8 Å². The summed E-state index contributed by atoms with van der Waals surface area (Å²) >= 11 is 0. The number of benzene rings is 1. The van der Waals surface area contributed by atoms with Crippen LogP contribution < -0.4 is 5.32 Å². The van der Waals surface area contributed by atoms with Gasteiger partial charge in [0.15, 0.2) is 0 Å². The second-order valence-electron chi connectivity index (χ2n) is 3.98. The van der Waals surface area contributed by atoms with Crippen molar-refractivity contribution in [2.45, 2.75) is 13.0 Å². The molecule has 3 nitrogen and oxygen atoms in total. The third-order valence-corrected chi connectivity index (χ3v) is 2.78. The van der Waals surface area contributed by atoms with Crippen LogP contribution in [-0.2, 0) is 7.05 Å². The highest BCUT2D eigenvalue weighted by molar-refractivity contribution is 5.32. The third kappa shape index (κ3) is 1.99. The summed E-state index contributed by atoms with van der Waals surface area (Å²) in [7, 11) is 3.93. The Bertz CT molecular complexity index is 459. The van der Waals surface area contributed by atoms with Gasteiger partial charge in [0.05, 0.1) is 11.7 Å². The first-order chi connectivity index (χ1) is 7.72. The van der Waals surface area contributed by atoms with E-state index in [1.165, 1.54) is 11.1 Å². The quantitative estimate of drug-likeness (QED) is 0.849. The molecule has 0 aliphatic heterocycles. The van der Waals surface area contributed by atoms with E-state index in [-0.39, 0.29) is 6.04 Å². The number of aryl methyl sites for hydroxylation is 2. The average Bonchev–Trinajstić information content (AvgIpc) is 2.61. The highest BCUT2D eigenvalue weighted by Gasteiger charge is 2.16. The lowest BCUT2D eigenvalue weighted by molar-refractivity contribution is 0.687. The first-order valence-electron chi connectivity index (χ1n) is 5.44. The molecule has 1 atom stereocenters. The van der Waals surface area contributed by atoms with Crippen LogP contribution in [-0.4, -0.2) is 16.8 Å². The second-order valence-corrected chi connectivity index (χ2v) is 3.98. The van der Waals surface area contributed by atoms with Crippen LogP contribution in [0, 0.1) is 6.92 Å². The monoisotopic (exact) mass is 215 g/mol. The van der Waals surface area contributed by atoms with Crippen LogP contribution in [0.25, 0.3) is 0 Å². The van der Waals surface area contributed by atoms with Crippen molar-refractivity contribution in [3.63, 3.8) is 0 Å². The Hall–Kier alpha value is -1.61. The van der Waals surface area contributed by atoms with Gasteiger partial charge >= 0.3 is 0 Å². The molecule has 0 amide bonds. The zero-order chi connectivity index (χ0) is 11.5. The van der Waals surface area contributed by atoms with Crippen molar-refractivity contribution in [2.24, 2.45) is 7.05 Å². The highest BCUT2D eigenvalue weighted by Crippen LogP contribution is 2.23. The maximum Gasteiger partial charge on any atom is 0.0644 e. The summed E-state index contributed by atoms with van der Waals surface area (Å²) in [6, 6.07) is 10.6. The van der Waals surface area contributed by atoms with Gasteiger partial charge in [-0.1, -0.05) is 30.3 Å². The van der Waals surface area contributed by atoms with Gasteiger partial charge in [-0.05, 0) is 19.5 Å². The number of hydrogen-bond donors (Lipinski definition) is 1. The van der Waals surface area contributed by atoms with Gasteiger partial charge in [0, 0.05) is 18.8 Å². The Morgan fingerprint density at radius 2 is 1.94 bits per heavy atom. The van der Waals surface area contributed by atoms with Crippen molar-refractivity contribution >= 4 is 0 Å². The Kier molecular flexibility index (Phi) is 3.06. The normalized spacial score (nSPS) is 12.7. The summed E-state index contributed by atoms with van der Waals surface area (Å²) in [6.07, 6.45) is 2.07. The van der Waals surface area contributed by atoms with Crippen LogP contribution in [0.4, 0.5) is 0 Å². The molecule has 0 spiro atoms. The molecule has 1 aromatic carbocycles. The summed E-state index contributed by atoms with van der Waals surface area (Å²) in [5.41, 5.74) is 3.57. The molecule has 0 bridgehead atoms. The van der Waals surface area contributed by atoms with Crippen molar-refractivity contribution in [1.82, 2.24) is 15.1 Å². The molecule has 0 saturated carbocycles. The minimum atomic E-state index is 0.218. The van der Waals surface area contributed by atoms with Crippen LogP contribution in [0.15, 0.2) is 36.5 Å². The Balaban J connectivity index is 2.40. The smallest absolute Gasteiger partial charge is 0.0644 e. The molecule has 0 saturated heterocycles. The zero-order valence-corrected chi connectivity index (χ0v) is 9.94. The van der Waals surface area contributed by atoms with Gasteiger partial charge in [0.2, 0.25) is 0 Å². The van der Waals surface area contributed by atoms with Crippen molar-refractivity contribution < 1.29 is 0 Å². The fraction of sp³-hybridized carbons (Fsp3) is 0.308. The Labute approximate surface area is 96.1 Å². The molecule has 2 aromatic rings. The molecule has 2 rings (SSSR count). The van der Waals surface area contributed by atoms with Crippen LogP contribution in [0.5, 0.6) is 0 Å². The van der Waals surface area contributed by atoms with Crippen LogP contribution in [0.1, 0.15) is 22.9 Å². The molecular weight excluding hydrogens is 198 g/mol. The Morgan fingerprint density at radius 1 is 1.25 bits per heavy atom. The zero-order valence-electron chi connectivity index (χ0n) is 9.94. The molecule has 0 aliphatic carbocycles. The summed E-state index contributed by atoms with van der Waals surface area (Å²) in [5.74, 6) is 0. The molecular formula is C13H17N3. The maximum atomic E-state index is 4.38. The second kappa shape index (κ2) is 4.49. The van der Waals surface area contributed by atoms with Crippen molar-refractivity contribution in [2.75, 3.05) is 7.05 Å². The molecule has 0 aliphatic rings. The van der Waals surface area contributed by atoms with E-state index in [1.54, 1.807) is 0 Å². The molecule has 0 fully saturated rings. The molecule has 1 heterocycles. The van der Waals surface area contributed by atoms with Gasteiger partial charge in [0.1, 0.15) is 0 Å². The minimum Gasteiger partial charge on any atom is -0.309 e. The van der Waals surface area contributed by atoms with Crippen LogP contribution in [0.2, 0.25) is 0 Å². The van der Waals surface area contributed by atoms with E-state index in [4.69, 9.17) is 0 Å². The molecule has 1 unspecified atom stereocenters. The van der Waals surface area contributed by atoms with Gasteiger partial charge in [-0.15, -0.1) is 0 Å². The number of nitrogens with one attached hydrogen (secondary N) is 1. The predicted molar refractivity (Wildman–Crippen MR) is 65.3 cm³/mol. The maximum absolute atomic E-state index is 4.38. The van der Waals surface area contributed by atoms with E-state index in [0.717, 1.165) is 5.69 Å². The third-order valence-electron chi connectivity index (χ3n) is 2.78. The predicted octanol–water partition coefficient (Wildman–Crippen LogP) is 2.04. The largest absolute Gasteiger partial charge is 0.309 e. The van der Waals surface area contributed by atoms with Crippen LogP contribution >= 0.6 is 0 Å². The number of hydrogen-bond acceptors (Lipinski definition) is 2. The topological polar surface area (TPSA) is 29.9 Å². The summed E-state index contributed by atoms with van der Waals surface area (Å²) in [6.45, 7) is 2.04. The number of nitrogens with zero attached hydrogens (tertiary/aromatic N) is 2. The van der Waals surface area contributed by atoms with E-state index >= 15 is 0 Å². The van der Waals surface area contributed by atoms with Gasteiger partial charge in [-0.2, -0.15) is 5.10 Å². The first-order valence-corrected chi connectivity index (χ1v) is 5.44. The van der Waals surface area contributed by atoms with Crippen molar-refractivity contribution in [3.8, 4) is 0 Å². The molecule has 0 radical (unpaired) electrons. The lowest BCUT2D eigenvalue weighted by Gasteiger charge is -2.15. The molecule has 16 heavy (non-hydrogen) atoms. The van der Waals surface area contributed by atoms with Gasteiger partial charge in [-0.25, -0.2) is 0 Å². The number of rotatable bonds is 3. The first kappa shape index (κ1) is 10.9. The molecule has 3 heteroatoms. The van der Waals surface area contributed by atoms with Gasteiger partial charge in [0.25, 0.3) is 0 Å². The standard InChI is InChI=1S/C13H17N3/c1-10-12(9-16(3)15-10)13(14-2)11-7-5-4-6-8-11/h4-9,13-14H,1-3H3. The van der Waals surface area contributed by atoms with E-state index in [9.17, 15) is 0 Å². The molecule has 1 aromatic heterocycles. The summed E-state index contributed by atoms with van der Waals surface area (Å²) in [5, 5.41) is 7.72. The van der Waals surface area contributed by atoms with Gasteiger partial charge in [-0.3, -0.25) is 4.68 Å². The van der Waals surface area contributed by atoms with E-state index < -0.39 is 0 Å². The molecule has 84 valence electrons. The molecule has 1 N–H and O–H groups in total. The fourth-order valence-corrected chi connectivity index (χ4v) is 2.05. The average molecular weight is 215 g/mol. The van der Waals surface area contributed by atoms with Crippen molar-refractivity contribution in [3.05, 3.63) is 53.3 Å². The lowest BCUT2D eigenvalue weighted by Crippen LogP contribution is -2.17. The van der Waals surface area contributed by atoms with E-state index in [0.29, 0.717) is 0 Å². The number of aromatic nitrogens is 2. The lowest BCUT2D eigenvalue weighted by atomic mass is 10.00. The van der Waals surface area contributed by atoms with E-state index in [2.05, 4.69) is 40.9 Å². The SMILES string of the molecule is CNC(c1ccccc1)c1cn(C)nc1C. The minimum absolute atomic E-state index is 0.218. The summed E-state index contributed by atoms with van der Waals surface area (Å²) < 4.78 is 1.86. The van der Waals surface area contributed by atoms with Crippen LogP contribution in [0.3, 0.4) is 0 Å². The fourth-order valence-electron chi connectivity index (χ4n) is 2.05. The summed E-state index contributed by atoms with van der Waals surface area (Å²) in [4.78, 5) is 0. The highest BCUT2D eigenvalue weighted by atomic mass is 15.3.